The van der Waals surface area contributed by atoms with E-state index in [1.807, 2.05) is 25.1 Å². The monoisotopic (exact) mass is 256 g/mol. The topological polar surface area (TPSA) is 20.2 Å². The first kappa shape index (κ1) is 11.7. The molecule has 0 spiro atoms. The van der Waals surface area contributed by atoms with Crippen LogP contribution >= 0.6 is 15.9 Å². The molecule has 0 bridgehead atoms. The first-order valence-corrected chi connectivity index (χ1v) is 5.75. The van der Waals surface area contributed by atoms with Crippen molar-refractivity contribution in [3.8, 4) is 0 Å². The van der Waals surface area contributed by atoms with Gasteiger partial charge in [-0.15, -0.1) is 0 Å². The molecule has 1 aromatic carbocycles. The highest BCUT2D eigenvalue weighted by atomic mass is 79.9. The Morgan fingerprint density at radius 1 is 1.21 bits per heavy atom. The van der Waals surface area contributed by atoms with Crippen LogP contribution in [-0.2, 0) is 5.41 Å². The molecular formula is C12H17BrO. The molecule has 0 aromatic heterocycles. The van der Waals surface area contributed by atoms with Crippen LogP contribution in [0.5, 0.6) is 0 Å². The number of halogens is 1. The summed E-state index contributed by atoms with van der Waals surface area (Å²) in [7, 11) is 0. The van der Waals surface area contributed by atoms with Crippen molar-refractivity contribution in [3.05, 3.63) is 35.9 Å². The summed E-state index contributed by atoms with van der Waals surface area (Å²) in [4.78, 5) is 0.0670. The molecule has 0 aliphatic rings. The number of alkyl halides is 1. The molecule has 0 fully saturated rings. The zero-order valence-electron chi connectivity index (χ0n) is 8.87. The highest BCUT2D eigenvalue weighted by molar-refractivity contribution is 9.09. The Morgan fingerprint density at radius 3 is 2.14 bits per heavy atom. The van der Waals surface area contributed by atoms with Crippen molar-refractivity contribution in [1.82, 2.24) is 0 Å². The summed E-state index contributed by atoms with van der Waals surface area (Å²) in [5, 5.41) is 9.57. The number of rotatable bonds is 3. The summed E-state index contributed by atoms with van der Waals surface area (Å²) in [6, 6.07) is 10.2. The van der Waals surface area contributed by atoms with Gasteiger partial charge in [-0.05, 0) is 12.5 Å². The van der Waals surface area contributed by atoms with Crippen LogP contribution in [0.3, 0.4) is 0 Å². The van der Waals surface area contributed by atoms with E-state index in [1.165, 1.54) is 5.56 Å². The summed E-state index contributed by atoms with van der Waals surface area (Å²) in [5.41, 5.74) is 1.18. The van der Waals surface area contributed by atoms with Gasteiger partial charge in [0.15, 0.2) is 0 Å². The van der Waals surface area contributed by atoms with E-state index in [9.17, 15) is 5.11 Å². The standard InChI is InChI=1S/C12H17BrO/c1-9(14)11(13)12(2,3)10-7-5-4-6-8-10/h4-9,11,14H,1-3H3. The van der Waals surface area contributed by atoms with Crippen LogP contribution in [-0.4, -0.2) is 16.0 Å². The van der Waals surface area contributed by atoms with Gasteiger partial charge in [0.2, 0.25) is 0 Å². The van der Waals surface area contributed by atoms with Crippen molar-refractivity contribution in [1.29, 1.82) is 0 Å². The van der Waals surface area contributed by atoms with Gasteiger partial charge in [0.05, 0.1) is 6.10 Å². The van der Waals surface area contributed by atoms with Gasteiger partial charge in [0.1, 0.15) is 0 Å². The van der Waals surface area contributed by atoms with Gasteiger partial charge in [-0.3, -0.25) is 0 Å². The minimum Gasteiger partial charge on any atom is -0.392 e. The molecule has 0 saturated heterocycles. The van der Waals surface area contributed by atoms with Crippen molar-refractivity contribution < 1.29 is 5.11 Å². The van der Waals surface area contributed by atoms with Crippen LogP contribution in [0.2, 0.25) is 0 Å². The Labute approximate surface area is 94.3 Å². The average molecular weight is 257 g/mol. The molecule has 0 heterocycles. The van der Waals surface area contributed by atoms with Crippen LogP contribution in [0.15, 0.2) is 30.3 Å². The van der Waals surface area contributed by atoms with Crippen molar-refractivity contribution in [2.75, 3.05) is 0 Å². The van der Waals surface area contributed by atoms with Gasteiger partial charge in [-0.2, -0.15) is 0 Å². The number of aliphatic hydroxyl groups excluding tert-OH is 1. The van der Waals surface area contributed by atoms with Crippen LogP contribution in [0, 0.1) is 0 Å². The molecule has 0 saturated carbocycles. The molecule has 1 rings (SSSR count). The highest BCUT2D eigenvalue weighted by Crippen LogP contribution is 2.33. The van der Waals surface area contributed by atoms with E-state index >= 15 is 0 Å². The summed E-state index contributed by atoms with van der Waals surface area (Å²) in [6.45, 7) is 6.08. The average Bonchev–Trinajstić information content (AvgIpc) is 2.18. The summed E-state index contributed by atoms with van der Waals surface area (Å²) in [5.74, 6) is 0. The molecule has 1 nitrogen and oxygen atoms in total. The van der Waals surface area contributed by atoms with Gasteiger partial charge in [0, 0.05) is 10.2 Å². The van der Waals surface area contributed by atoms with Gasteiger partial charge in [0.25, 0.3) is 0 Å². The Balaban J connectivity index is 2.96. The number of hydrogen-bond donors (Lipinski definition) is 1. The van der Waals surface area contributed by atoms with Gasteiger partial charge in [-0.1, -0.05) is 60.1 Å². The minimum absolute atomic E-state index is 0.0601. The van der Waals surface area contributed by atoms with E-state index < -0.39 is 0 Å². The summed E-state index contributed by atoms with van der Waals surface area (Å²) < 4.78 is 0. The smallest absolute Gasteiger partial charge is 0.0645 e. The zero-order valence-corrected chi connectivity index (χ0v) is 10.5. The Bertz CT molecular complexity index is 280. The van der Waals surface area contributed by atoms with Crippen molar-refractivity contribution >= 4 is 15.9 Å². The third kappa shape index (κ3) is 2.37. The molecule has 1 aromatic rings. The van der Waals surface area contributed by atoms with E-state index in [2.05, 4.69) is 41.9 Å². The quantitative estimate of drug-likeness (QED) is 0.825. The lowest BCUT2D eigenvalue weighted by molar-refractivity contribution is 0.167. The van der Waals surface area contributed by atoms with Crippen molar-refractivity contribution in [2.24, 2.45) is 0 Å². The lowest BCUT2D eigenvalue weighted by Gasteiger charge is -2.32. The first-order valence-electron chi connectivity index (χ1n) is 4.84. The second kappa shape index (κ2) is 4.45. The van der Waals surface area contributed by atoms with E-state index in [0.29, 0.717) is 0 Å². The van der Waals surface area contributed by atoms with Crippen molar-refractivity contribution in [2.45, 2.75) is 37.1 Å². The fraction of sp³-hybridized carbons (Fsp3) is 0.500. The lowest BCUT2D eigenvalue weighted by atomic mass is 9.80. The van der Waals surface area contributed by atoms with Crippen LogP contribution in [0.25, 0.3) is 0 Å². The van der Waals surface area contributed by atoms with E-state index in [-0.39, 0.29) is 16.3 Å². The second-order valence-corrected chi connectivity index (χ2v) is 5.22. The van der Waals surface area contributed by atoms with E-state index in [0.717, 1.165) is 0 Å². The van der Waals surface area contributed by atoms with Gasteiger partial charge < -0.3 is 5.11 Å². The van der Waals surface area contributed by atoms with Crippen LogP contribution in [0.4, 0.5) is 0 Å². The number of benzene rings is 1. The molecule has 78 valence electrons. The Hall–Kier alpha value is -0.340. The highest BCUT2D eigenvalue weighted by Gasteiger charge is 2.32. The normalized spacial score (nSPS) is 16.4. The maximum atomic E-state index is 9.57. The third-order valence-corrected chi connectivity index (χ3v) is 4.54. The summed E-state index contributed by atoms with van der Waals surface area (Å²) >= 11 is 3.55. The second-order valence-electron chi connectivity index (χ2n) is 4.23. The fourth-order valence-electron chi connectivity index (χ4n) is 1.63. The van der Waals surface area contributed by atoms with Crippen molar-refractivity contribution in [3.63, 3.8) is 0 Å². The minimum atomic E-state index is -0.356. The SMILES string of the molecule is CC(O)C(Br)C(C)(C)c1ccccc1. The maximum Gasteiger partial charge on any atom is 0.0645 e. The molecule has 0 aliphatic carbocycles. The maximum absolute atomic E-state index is 9.57. The molecule has 2 heteroatoms. The van der Waals surface area contributed by atoms with Crippen LogP contribution < -0.4 is 0 Å². The molecule has 0 amide bonds. The van der Waals surface area contributed by atoms with Gasteiger partial charge in [-0.25, -0.2) is 0 Å². The predicted octanol–water partition coefficient (Wildman–Crippen LogP) is 3.11. The Morgan fingerprint density at radius 2 is 1.71 bits per heavy atom. The first-order chi connectivity index (χ1) is 6.46. The molecule has 2 atom stereocenters. The molecule has 2 unspecified atom stereocenters. The molecular weight excluding hydrogens is 240 g/mol. The number of hydrogen-bond acceptors (Lipinski definition) is 1. The largest absolute Gasteiger partial charge is 0.392 e. The van der Waals surface area contributed by atoms with Gasteiger partial charge >= 0.3 is 0 Å². The van der Waals surface area contributed by atoms with Crippen LogP contribution in [0.1, 0.15) is 26.3 Å². The molecule has 0 aliphatic heterocycles. The molecule has 1 N–H and O–H groups in total. The van der Waals surface area contributed by atoms with E-state index in [4.69, 9.17) is 0 Å². The molecule has 0 radical (unpaired) electrons. The predicted molar refractivity (Wildman–Crippen MR) is 63.9 cm³/mol. The lowest BCUT2D eigenvalue weighted by Crippen LogP contribution is -2.36. The fourth-order valence-corrected chi connectivity index (χ4v) is 1.89. The summed E-state index contributed by atoms with van der Waals surface area (Å²) in [6.07, 6.45) is -0.356. The Kier molecular flexibility index (Phi) is 3.73. The molecule has 14 heavy (non-hydrogen) atoms. The van der Waals surface area contributed by atoms with E-state index in [1.54, 1.807) is 0 Å². The zero-order chi connectivity index (χ0) is 10.8. The third-order valence-electron chi connectivity index (χ3n) is 2.63. The number of aliphatic hydroxyl groups is 1.